The molecule has 2 heterocycles. The summed E-state index contributed by atoms with van der Waals surface area (Å²) in [5, 5.41) is 0. The Morgan fingerprint density at radius 3 is 2.96 bits per heavy atom. The van der Waals surface area contributed by atoms with Gasteiger partial charge in [0.15, 0.2) is 0 Å². The average molecular weight is 341 g/mol. The lowest BCUT2D eigenvalue weighted by Gasteiger charge is -2.32. The van der Waals surface area contributed by atoms with E-state index in [9.17, 15) is 4.79 Å². The Bertz CT molecular complexity index is 669. The van der Waals surface area contributed by atoms with Gasteiger partial charge >= 0.3 is 0 Å². The number of carbonyl (C=O) groups is 1. The van der Waals surface area contributed by atoms with Gasteiger partial charge in [0, 0.05) is 44.4 Å². The summed E-state index contributed by atoms with van der Waals surface area (Å²) in [5.41, 5.74) is 0. The number of imidazole rings is 1. The van der Waals surface area contributed by atoms with Crippen LogP contribution in [0.15, 0.2) is 42.7 Å². The lowest BCUT2D eigenvalue weighted by atomic mass is 9.96. The molecule has 0 unspecified atom stereocenters. The van der Waals surface area contributed by atoms with Crippen LogP contribution in [0.4, 0.5) is 0 Å². The minimum Gasteiger partial charge on any atom is -0.494 e. The summed E-state index contributed by atoms with van der Waals surface area (Å²) in [6, 6.07) is 9.75. The third-order valence-corrected chi connectivity index (χ3v) is 4.77. The molecule has 0 saturated carbocycles. The Kier molecular flexibility index (Phi) is 6.09. The van der Waals surface area contributed by atoms with E-state index in [1.165, 1.54) is 0 Å². The molecule has 1 amide bonds. The largest absolute Gasteiger partial charge is 0.494 e. The first-order chi connectivity index (χ1) is 12.3. The van der Waals surface area contributed by atoms with Crippen molar-refractivity contribution in [1.29, 1.82) is 0 Å². The first-order valence-corrected chi connectivity index (χ1v) is 9.24. The number of piperidine rings is 1. The number of carbonyl (C=O) groups excluding carboxylic acids is 1. The third kappa shape index (κ3) is 4.62. The summed E-state index contributed by atoms with van der Waals surface area (Å²) >= 11 is 0. The molecule has 1 saturated heterocycles. The molecule has 134 valence electrons. The van der Waals surface area contributed by atoms with Crippen LogP contribution in [0.2, 0.25) is 0 Å². The normalized spacial score (nSPS) is 17.5. The molecule has 3 rings (SSSR count). The fourth-order valence-electron chi connectivity index (χ4n) is 3.45. The van der Waals surface area contributed by atoms with E-state index in [-0.39, 0.29) is 5.91 Å². The number of para-hydroxylation sites is 1. The predicted molar refractivity (Wildman–Crippen MR) is 97.6 cm³/mol. The molecule has 1 atom stereocenters. The maximum Gasteiger partial charge on any atom is 0.222 e. The first kappa shape index (κ1) is 17.5. The lowest BCUT2D eigenvalue weighted by Crippen LogP contribution is -2.39. The molecule has 1 fully saturated rings. The molecule has 5 heteroatoms. The van der Waals surface area contributed by atoms with Gasteiger partial charge in [-0.25, -0.2) is 4.98 Å². The summed E-state index contributed by atoms with van der Waals surface area (Å²) in [4.78, 5) is 19.0. The number of likely N-dealkylation sites (tertiary alicyclic amines) is 1. The van der Waals surface area contributed by atoms with Crippen LogP contribution >= 0.6 is 0 Å². The van der Waals surface area contributed by atoms with E-state index in [0.717, 1.165) is 50.5 Å². The Labute approximate surface area is 149 Å². The van der Waals surface area contributed by atoms with Crippen molar-refractivity contribution in [1.82, 2.24) is 14.5 Å². The highest BCUT2D eigenvalue weighted by atomic mass is 16.5. The average Bonchev–Trinajstić information content (AvgIpc) is 3.15. The van der Waals surface area contributed by atoms with Gasteiger partial charge in [0.1, 0.15) is 11.6 Å². The van der Waals surface area contributed by atoms with Crippen molar-refractivity contribution in [3.05, 3.63) is 48.5 Å². The monoisotopic (exact) mass is 341 g/mol. The zero-order valence-corrected chi connectivity index (χ0v) is 14.9. The molecule has 1 aliphatic heterocycles. The molecule has 5 nitrogen and oxygen atoms in total. The second-order valence-electron chi connectivity index (χ2n) is 6.52. The molecule has 0 radical (unpaired) electrons. The molecule has 0 aliphatic carbocycles. The van der Waals surface area contributed by atoms with E-state index < -0.39 is 0 Å². The molecule has 1 aromatic carbocycles. The summed E-state index contributed by atoms with van der Waals surface area (Å²) in [5.74, 6) is 2.57. The van der Waals surface area contributed by atoms with Gasteiger partial charge in [0.2, 0.25) is 5.91 Å². The zero-order valence-electron chi connectivity index (χ0n) is 14.9. The maximum absolute atomic E-state index is 12.5. The molecule has 2 aromatic rings. The maximum atomic E-state index is 12.5. The van der Waals surface area contributed by atoms with Crippen LogP contribution in [-0.4, -0.2) is 40.1 Å². The molecule has 1 aliphatic rings. The van der Waals surface area contributed by atoms with E-state index in [4.69, 9.17) is 4.74 Å². The van der Waals surface area contributed by atoms with E-state index >= 15 is 0 Å². The number of nitrogens with zero attached hydrogens (tertiary/aromatic N) is 3. The second kappa shape index (κ2) is 8.70. The van der Waals surface area contributed by atoms with Gasteiger partial charge in [-0.15, -0.1) is 0 Å². The van der Waals surface area contributed by atoms with Crippen LogP contribution in [0.1, 0.15) is 44.3 Å². The Morgan fingerprint density at radius 1 is 1.32 bits per heavy atom. The van der Waals surface area contributed by atoms with Crippen LogP contribution in [-0.2, 0) is 11.3 Å². The standard InChI is InChI=1S/C20H27N3O2/c1-2-22-14-12-21-20(22)17-8-6-13-23(16-17)19(24)11-7-15-25-18-9-4-3-5-10-18/h3-5,9-10,12,14,17H,2,6-8,11,13,15-16H2,1H3/t17-/m1/s1. The minimum absolute atomic E-state index is 0.232. The Balaban J connectivity index is 1.45. The van der Waals surface area contributed by atoms with E-state index in [0.29, 0.717) is 18.9 Å². The molecule has 1 aromatic heterocycles. The van der Waals surface area contributed by atoms with E-state index in [1.807, 2.05) is 47.6 Å². The number of ether oxygens (including phenoxy) is 1. The summed E-state index contributed by atoms with van der Waals surface area (Å²) < 4.78 is 7.86. The molecule has 0 N–H and O–H groups in total. The van der Waals surface area contributed by atoms with Crippen molar-refractivity contribution in [3.8, 4) is 5.75 Å². The molecule has 0 bridgehead atoms. The van der Waals surface area contributed by atoms with Gasteiger partial charge in [0.05, 0.1) is 6.61 Å². The van der Waals surface area contributed by atoms with Crippen molar-refractivity contribution in [2.24, 2.45) is 0 Å². The van der Waals surface area contributed by atoms with Crippen molar-refractivity contribution in [2.75, 3.05) is 19.7 Å². The number of amides is 1. The SMILES string of the molecule is CCn1ccnc1[C@@H]1CCCN(C(=O)CCCOc2ccccc2)C1. The second-order valence-corrected chi connectivity index (χ2v) is 6.52. The number of hydrogen-bond acceptors (Lipinski definition) is 3. The zero-order chi connectivity index (χ0) is 17.5. The number of rotatable bonds is 7. The minimum atomic E-state index is 0.232. The number of aromatic nitrogens is 2. The van der Waals surface area contributed by atoms with Crippen molar-refractivity contribution >= 4 is 5.91 Å². The fourth-order valence-corrected chi connectivity index (χ4v) is 3.45. The van der Waals surface area contributed by atoms with Gasteiger partial charge < -0.3 is 14.2 Å². The molecular formula is C20H27N3O2. The van der Waals surface area contributed by atoms with Crippen LogP contribution < -0.4 is 4.74 Å². The highest BCUT2D eigenvalue weighted by Gasteiger charge is 2.26. The van der Waals surface area contributed by atoms with Gasteiger partial charge in [-0.05, 0) is 38.3 Å². The van der Waals surface area contributed by atoms with Crippen LogP contribution in [0, 0.1) is 0 Å². The quantitative estimate of drug-likeness (QED) is 0.725. The summed E-state index contributed by atoms with van der Waals surface area (Å²) in [7, 11) is 0. The Hall–Kier alpha value is -2.30. The summed E-state index contributed by atoms with van der Waals surface area (Å²) in [6.07, 6.45) is 7.34. The van der Waals surface area contributed by atoms with Gasteiger partial charge in [-0.1, -0.05) is 18.2 Å². The van der Waals surface area contributed by atoms with Crippen molar-refractivity contribution < 1.29 is 9.53 Å². The number of aryl methyl sites for hydroxylation is 1. The third-order valence-electron chi connectivity index (χ3n) is 4.77. The molecule has 25 heavy (non-hydrogen) atoms. The predicted octanol–water partition coefficient (Wildman–Crippen LogP) is 3.47. The summed E-state index contributed by atoms with van der Waals surface area (Å²) in [6.45, 7) is 5.28. The van der Waals surface area contributed by atoms with Gasteiger partial charge in [-0.3, -0.25) is 4.79 Å². The Morgan fingerprint density at radius 2 is 2.16 bits per heavy atom. The van der Waals surface area contributed by atoms with Gasteiger partial charge in [0.25, 0.3) is 0 Å². The molecule has 0 spiro atoms. The van der Waals surface area contributed by atoms with Crippen LogP contribution in [0.5, 0.6) is 5.75 Å². The first-order valence-electron chi connectivity index (χ1n) is 9.24. The highest BCUT2D eigenvalue weighted by molar-refractivity contribution is 5.76. The van der Waals surface area contributed by atoms with Gasteiger partial charge in [-0.2, -0.15) is 0 Å². The highest BCUT2D eigenvalue weighted by Crippen LogP contribution is 2.26. The van der Waals surface area contributed by atoms with E-state index in [1.54, 1.807) is 0 Å². The smallest absolute Gasteiger partial charge is 0.222 e. The van der Waals surface area contributed by atoms with Crippen molar-refractivity contribution in [2.45, 2.75) is 45.1 Å². The topological polar surface area (TPSA) is 47.4 Å². The van der Waals surface area contributed by atoms with Crippen LogP contribution in [0.3, 0.4) is 0 Å². The van der Waals surface area contributed by atoms with E-state index in [2.05, 4.69) is 16.5 Å². The molecular weight excluding hydrogens is 314 g/mol. The number of hydrogen-bond donors (Lipinski definition) is 0. The number of benzene rings is 1. The lowest BCUT2D eigenvalue weighted by molar-refractivity contribution is -0.132. The fraction of sp³-hybridized carbons (Fsp3) is 0.500. The van der Waals surface area contributed by atoms with Crippen molar-refractivity contribution in [3.63, 3.8) is 0 Å². The van der Waals surface area contributed by atoms with Crippen LogP contribution in [0.25, 0.3) is 0 Å².